The lowest BCUT2D eigenvalue weighted by Gasteiger charge is -2.45. The minimum absolute atomic E-state index is 0.0379. The molecule has 2 unspecified atom stereocenters. The van der Waals surface area contributed by atoms with Gasteiger partial charge in [-0.1, -0.05) is 177 Å². The van der Waals surface area contributed by atoms with E-state index in [4.69, 9.17) is 0 Å². The summed E-state index contributed by atoms with van der Waals surface area (Å²) in [4.78, 5) is 2.58. The smallest absolute Gasteiger partial charge is 0.247 e. The third-order valence-electron chi connectivity index (χ3n) is 11.0. The van der Waals surface area contributed by atoms with Crippen molar-refractivity contribution >= 4 is 40.2 Å². The van der Waals surface area contributed by atoms with Crippen molar-refractivity contribution in [1.29, 1.82) is 0 Å². The summed E-state index contributed by atoms with van der Waals surface area (Å²) in [6.07, 6.45) is 8.08. The third-order valence-corrected chi connectivity index (χ3v) is 11.0. The van der Waals surface area contributed by atoms with Crippen LogP contribution in [0.3, 0.4) is 0 Å². The Kier molecular flexibility index (Phi) is 7.09. The number of hydrogen-bond acceptors (Lipinski definition) is 1. The Balaban J connectivity index is 1.37. The normalized spacial score (nSPS) is 17.6. The van der Waals surface area contributed by atoms with Gasteiger partial charge in [-0.2, -0.15) is 0 Å². The van der Waals surface area contributed by atoms with Gasteiger partial charge in [0, 0.05) is 28.8 Å². The van der Waals surface area contributed by atoms with Crippen LogP contribution in [-0.4, -0.2) is 6.71 Å². The van der Waals surface area contributed by atoms with E-state index in [0.717, 1.165) is 6.42 Å². The van der Waals surface area contributed by atoms with E-state index in [1.165, 1.54) is 72.4 Å². The number of para-hydroxylation sites is 2. The molecule has 6 aromatic rings. The Morgan fingerprint density at radius 1 is 0.612 bits per heavy atom. The highest BCUT2D eigenvalue weighted by atomic mass is 15.2. The van der Waals surface area contributed by atoms with Gasteiger partial charge in [-0.3, -0.25) is 0 Å². The molecule has 0 amide bonds. The number of allylic oxidation sites excluding steroid dienone is 4. The second-order valence-corrected chi connectivity index (χ2v) is 14.8. The topological polar surface area (TPSA) is 3.24 Å². The van der Waals surface area contributed by atoms with Crippen molar-refractivity contribution in [3.63, 3.8) is 0 Å². The van der Waals surface area contributed by atoms with Crippen LogP contribution < -0.4 is 21.3 Å². The number of benzene rings is 6. The van der Waals surface area contributed by atoms with Crippen molar-refractivity contribution in [2.24, 2.45) is 0 Å². The fourth-order valence-corrected chi connectivity index (χ4v) is 8.69. The summed E-state index contributed by atoms with van der Waals surface area (Å²) >= 11 is 0. The van der Waals surface area contributed by atoms with Gasteiger partial charge in [-0.25, -0.2) is 0 Å². The van der Waals surface area contributed by atoms with E-state index < -0.39 is 0 Å². The molecule has 2 aliphatic heterocycles. The molecule has 0 saturated heterocycles. The van der Waals surface area contributed by atoms with E-state index in [0.29, 0.717) is 5.92 Å². The lowest BCUT2D eigenvalue weighted by molar-refractivity contribution is 0.589. The van der Waals surface area contributed by atoms with Crippen LogP contribution in [0.5, 0.6) is 0 Å². The number of nitrogens with zero attached hydrogens (tertiary/aromatic N) is 1. The molecule has 9 rings (SSSR count). The summed E-state index contributed by atoms with van der Waals surface area (Å²) in [5, 5.41) is 0. The minimum Gasteiger partial charge on any atom is -0.311 e. The zero-order valence-electron chi connectivity index (χ0n) is 28.5. The molecule has 0 bridgehead atoms. The molecule has 0 aromatic heterocycles. The molecule has 1 aliphatic carbocycles. The predicted octanol–water partition coefficient (Wildman–Crippen LogP) is 10.1. The summed E-state index contributed by atoms with van der Waals surface area (Å²) < 4.78 is 0. The van der Waals surface area contributed by atoms with Gasteiger partial charge in [0.05, 0.1) is 5.69 Å². The largest absolute Gasteiger partial charge is 0.311 e. The Labute approximate surface area is 291 Å². The van der Waals surface area contributed by atoms with Crippen molar-refractivity contribution in [3.8, 4) is 11.1 Å². The molecular formula is C47H40BN. The summed E-state index contributed by atoms with van der Waals surface area (Å²) in [5.74, 6) is 0.468. The molecule has 0 radical (unpaired) electrons. The third kappa shape index (κ3) is 4.85. The number of anilines is 3. The van der Waals surface area contributed by atoms with Crippen LogP contribution in [0.4, 0.5) is 17.1 Å². The van der Waals surface area contributed by atoms with Gasteiger partial charge in [-0.05, 0) is 68.8 Å². The van der Waals surface area contributed by atoms with Gasteiger partial charge in [0.15, 0.2) is 0 Å². The van der Waals surface area contributed by atoms with Crippen LogP contribution in [0.2, 0.25) is 0 Å². The summed E-state index contributed by atoms with van der Waals surface area (Å²) in [7, 11) is 0. The first kappa shape index (κ1) is 29.8. The Bertz CT molecular complexity index is 2260. The first-order chi connectivity index (χ1) is 24.0. The molecular weight excluding hydrogens is 589 g/mol. The Hall–Kier alpha value is -5.34. The molecule has 2 heteroatoms. The molecule has 0 N–H and O–H groups in total. The summed E-state index contributed by atoms with van der Waals surface area (Å²) in [6.45, 7) is 7.23. The quantitative estimate of drug-likeness (QED) is 0.175. The van der Waals surface area contributed by atoms with E-state index in [1.807, 2.05) is 0 Å². The molecule has 49 heavy (non-hydrogen) atoms. The standard InChI is InChI=1S/C47H40BN/c1-47(2,3)34-30-39-45(37-24-11-10-22-35(37)32-18-6-4-7-19-32)38-25-12-14-26-40(38)48-41-27-15-17-29-43(41)49(44(31-34)46(39)48)42-28-16-13-23-36(42)33-20-8-5-9-21-33/h4-21,23-31,35,45H,22H2,1-3H3. The van der Waals surface area contributed by atoms with Gasteiger partial charge in [0.25, 0.3) is 0 Å². The lowest BCUT2D eigenvalue weighted by Crippen LogP contribution is -2.62. The number of hydrogen-bond donors (Lipinski definition) is 0. The maximum atomic E-state index is 2.58. The van der Waals surface area contributed by atoms with Crippen LogP contribution in [0, 0.1) is 0 Å². The molecule has 2 heterocycles. The first-order valence-corrected chi connectivity index (χ1v) is 17.7. The van der Waals surface area contributed by atoms with E-state index in [9.17, 15) is 0 Å². The van der Waals surface area contributed by atoms with Gasteiger partial charge >= 0.3 is 0 Å². The van der Waals surface area contributed by atoms with Crippen molar-refractivity contribution in [1.82, 2.24) is 0 Å². The Morgan fingerprint density at radius 2 is 1.27 bits per heavy atom. The molecule has 6 aromatic carbocycles. The molecule has 1 nitrogen and oxygen atoms in total. The van der Waals surface area contributed by atoms with E-state index in [-0.39, 0.29) is 18.0 Å². The summed E-state index contributed by atoms with van der Waals surface area (Å²) in [6, 6.07) is 54.5. The second-order valence-electron chi connectivity index (χ2n) is 14.8. The average molecular weight is 630 g/mol. The van der Waals surface area contributed by atoms with Crippen LogP contribution in [0.15, 0.2) is 169 Å². The van der Waals surface area contributed by atoms with Gasteiger partial charge in [0.2, 0.25) is 6.71 Å². The van der Waals surface area contributed by atoms with E-state index in [1.54, 1.807) is 0 Å². The first-order valence-electron chi connectivity index (χ1n) is 17.7. The van der Waals surface area contributed by atoms with Gasteiger partial charge in [-0.15, -0.1) is 0 Å². The van der Waals surface area contributed by atoms with Crippen LogP contribution in [0.25, 0.3) is 11.1 Å². The van der Waals surface area contributed by atoms with Crippen molar-refractivity contribution in [2.75, 3.05) is 4.90 Å². The number of rotatable bonds is 4. The van der Waals surface area contributed by atoms with Crippen LogP contribution >= 0.6 is 0 Å². The molecule has 236 valence electrons. The molecule has 2 atom stereocenters. The predicted molar refractivity (Wildman–Crippen MR) is 209 cm³/mol. The van der Waals surface area contributed by atoms with Crippen LogP contribution in [0.1, 0.15) is 61.3 Å². The fourth-order valence-electron chi connectivity index (χ4n) is 8.69. The maximum Gasteiger partial charge on any atom is 0.247 e. The second kappa shape index (κ2) is 11.7. The zero-order chi connectivity index (χ0) is 33.1. The minimum atomic E-state index is -0.0379. The van der Waals surface area contributed by atoms with Crippen molar-refractivity contribution < 1.29 is 0 Å². The van der Waals surface area contributed by atoms with E-state index in [2.05, 4.69) is 189 Å². The highest BCUT2D eigenvalue weighted by Gasteiger charge is 2.45. The molecule has 3 aliphatic rings. The highest BCUT2D eigenvalue weighted by Crippen LogP contribution is 2.49. The van der Waals surface area contributed by atoms with Gasteiger partial charge in [0.1, 0.15) is 0 Å². The fraction of sp³-hybridized carbons (Fsp3) is 0.149. The Morgan fingerprint density at radius 3 is 2.04 bits per heavy atom. The van der Waals surface area contributed by atoms with Gasteiger partial charge < -0.3 is 4.90 Å². The number of fused-ring (bicyclic) bond motifs is 4. The summed E-state index contributed by atoms with van der Waals surface area (Å²) in [5.41, 5.74) is 17.6. The molecule has 0 saturated carbocycles. The molecule has 0 fully saturated rings. The van der Waals surface area contributed by atoms with Crippen molar-refractivity contribution in [3.05, 3.63) is 192 Å². The van der Waals surface area contributed by atoms with Crippen LogP contribution in [-0.2, 0) is 5.41 Å². The average Bonchev–Trinajstić information content (AvgIpc) is 3.15. The maximum absolute atomic E-state index is 2.58. The highest BCUT2D eigenvalue weighted by molar-refractivity contribution is 6.99. The van der Waals surface area contributed by atoms with E-state index >= 15 is 0 Å². The monoisotopic (exact) mass is 629 g/mol. The lowest BCUT2D eigenvalue weighted by atomic mass is 9.31. The van der Waals surface area contributed by atoms with Crippen molar-refractivity contribution in [2.45, 2.75) is 44.4 Å². The molecule has 0 spiro atoms. The zero-order valence-corrected chi connectivity index (χ0v) is 28.5. The SMILES string of the molecule is CC(C)(C)c1cc2c3c(c1)N(c1ccccc1-c1ccccc1)c1ccccc1B3c1ccccc1C2C1=CC=CCC1c1ccccc1.